The van der Waals surface area contributed by atoms with Crippen LogP contribution < -0.4 is 11.1 Å². The fourth-order valence-corrected chi connectivity index (χ4v) is 2.99. The number of nitrogens with two attached hydrogens (primary N) is 1. The second kappa shape index (κ2) is 10.7. The molecule has 0 aromatic heterocycles. The van der Waals surface area contributed by atoms with E-state index in [0.29, 0.717) is 0 Å². The summed E-state index contributed by atoms with van der Waals surface area (Å²) in [5.41, 5.74) is 5.39. The third-order valence-corrected chi connectivity index (χ3v) is 4.26. The molecule has 0 aliphatic heterocycles. The first-order valence-electron chi connectivity index (χ1n) is 8.82. The molecule has 3 N–H and O–H groups in total. The van der Waals surface area contributed by atoms with E-state index in [0.717, 1.165) is 32.1 Å². The molecule has 8 nitrogen and oxygen atoms in total. The standard InChI is InChI=1S/C17H28N2O6/c1-3-24-13(20)10-12(17(23)25-4-2)14(15(18)21)19-16(22)11-8-6-5-7-9-11/h11-12,14H,3-10H2,1-2H3,(H2,18,21)(H,19,22)/t12-,14+/m1/s1. The van der Waals surface area contributed by atoms with Crippen LogP contribution in [0.2, 0.25) is 0 Å². The Morgan fingerprint density at radius 2 is 1.64 bits per heavy atom. The minimum absolute atomic E-state index is 0.0835. The SMILES string of the molecule is CCOC(=O)C[C@@H](C(=O)OCC)[C@H](NC(=O)C1CCCCC1)C(N)=O. The lowest BCUT2D eigenvalue weighted by molar-refractivity contribution is -0.157. The van der Waals surface area contributed by atoms with E-state index in [1.165, 1.54) is 0 Å². The van der Waals surface area contributed by atoms with Gasteiger partial charge in [-0.15, -0.1) is 0 Å². The lowest BCUT2D eigenvalue weighted by Crippen LogP contribution is -2.53. The number of ether oxygens (including phenoxy) is 2. The van der Waals surface area contributed by atoms with Crippen LogP contribution in [0.1, 0.15) is 52.4 Å². The molecule has 0 saturated heterocycles. The highest BCUT2D eigenvalue weighted by Gasteiger charge is 2.38. The summed E-state index contributed by atoms with van der Waals surface area (Å²) >= 11 is 0. The molecule has 1 aliphatic rings. The van der Waals surface area contributed by atoms with Crippen molar-refractivity contribution in [2.75, 3.05) is 13.2 Å². The Kier molecular flexibility index (Phi) is 8.94. The Balaban J connectivity index is 2.89. The number of carbonyl (C=O) groups excluding carboxylic acids is 4. The minimum atomic E-state index is -1.31. The highest BCUT2D eigenvalue weighted by atomic mass is 16.5. The average molecular weight is 356 g/mol. The predicted molar refractivity (Wildman–Crippen MR) is 89.1 cm³/mol. The van der Waals surface area contributed by atoms with Crippen LogP contribution >= 0.6 is 0 Å². The largest absolute Gasteiger partial charge is 0.466 e. The molecule has 25 heavy (non-hydrogen) atoms. The molecule has 0 radical (unpaired) electrons. The van der Waals surface area contributed by atoms with Gasteiger partial charge in [0.15, 0.2) is 0 Å². The maximum Gasteiger partial charge on any atom is 0.312 e. The van der Waals surface area contributed by atoms with Crippen molar-refractivity contribution >= 4 is 23.8 Å². The maximum atomic E-state index is 12.4. The molecule has 0 heterocycles. The summed E-state index contributed by atoms with van der Waals surface area (Å²) in [5, 5.41) is 2.55. The number of primary amides is 1. The molecule has 0 bridgehead atoms. The Bertz CT molecular complexity index is 488. The van der Waals surface area contributed by atoms with Crippen LogP contribution in [0.15, 0.2) is 0 Å². The molecular weight excluding hydrogens is 328 g/mol. The van der Waals surface area contributed by atoms with E-state index in [-0.39, 0.29) is 31.5 Å². The molecule has 1 fully saturated rings. The molecule has 142 valence electrons. The lowest BCUT2D eigenvalue weighted by Gasteiger charge is -2.27. The summed E-state index contributed by atoms with van der Waals surface area (Å²) in [6.45, 7) is 3.47. The maximum absolute atomic E-state index is 12.4. The van der Waals surface area contributed by atoms with Crippen LogP contribution in [-0.2, 0) is 28.7 Å². The molecule has 1 aliphatic carbocycles. The van der Waals surface area contributed by atoms with Gasteiger partial charge in [0.05, 0.1) is 25.6 Å². The first kappa shape index (κ1) is 20.9. The Hall–Kier alpha value is -2.12. The van der Waals surface area contributed by atoms with Gasteiger partial charge in [-0.3, -0.25) is 19.2 Å². The van der Waals surface area contributed by atoms with E-state index in [1.807, 2.05) is 0 Å². The van der Waals surface area contributed by atoms with E-state index in [1.54, 1.807) is 13.8 Å². The summed E-state index contributed by atoms with van der Waals surface area (Å²) in [7, 11) is 0. The van der Waals surface area contributed by atoms with Crippen molar-refractivity contribution in [2.45, 2.75) is 58.4 Å². The van der Waals surface area contributed by atoms with E-state index in [9.17, 15) is 19.2 Å². The Labute approximate surface area is 147 Å². The number of hydrogen-bond acceptors (Lipinski definition) is 6. The smallest absolute Gasteiger partial charge is 0.312 e. The van der Waals surface area contributed by atoms with Crippen LogP contribution in [0.25, 0.3) is 0 Å². The van der Waals surface area contributed by atoms with Gasteiger partial charge in [-0.1, -0.05) is 19.3 Å². The average Bonchev–Trinajstić information content (AvgIpc) is 2.58. The zero-order valence-electron chi connectivity index (χ0n) is 14.9. The number of carbonyl (C=O) groups is 4. The molecular formula is C17H28N2O6. The molecule has 2 atom stereocenters. The highest BCUT2D eigenvalue weighted by Crippen LogP contribution is 2.24. The van der Waals surface area contributed by atoms with Gasteiger partial charge < -0.3 is 20.5 Å². The van der Waals surface area contributed by atoms with Crippen LogP contribution in [0.4, 0.5) is 0 Å². The topological polar surface area (TPSA) is 125 Å². The van der Waals surface area contributed by atoms with Gasteiger partial charge in [0.2, 0.25) is 11.8 Å². The van der Waals surface area contributed by atoms with Gasteiger partial charge in [-0.25, -0.2) is 0 Å². The van der Waals surface area contributed by atoms with Crippen molar-refractivity contribution in [3.63, 3.8) is 0 Å². The number of amides is 2. The summed E-state index contributed by atoms with van der Waals surface area (Å²) < 4.78 is 9.78. The third-order valence-electron chi connectivity index (χ3n) is 4.26. The highest BCUT2D eigenvalue weighted by molar-refractivity contribution is 5.93. The number of esters is 2. The van der Waals surface area contributed by atoms with Gasteiger partial charge in [0.25, 0.3) is 0 Å². The first-order valence-corrected chi connectivity index (χ1v) is 8.82. The van der Waals surface area contributed by atoms with Crippen molar-refractivity contribution in [1.29, 1.82) is 0 Å². The summed E-state index contributed by atoms with van der Waals surface area (Å²) in [4.78, 5) is 48.3. The van der Waals surface area contributed by atoms with Gasteiger partial charge in [0, 0.05) is 5.92 Å². The van der Waals surface area contributed by atoms with Crippen molar-refractivity contribution in [3.05, 3.63) is 0 Å². The van der Waals surface area contributed by atoms with E-state index in [2.05, 4.69) is 5.32 Å². The van der Waals surface area contributed by atoms with E-state index in [4.69, 9.17) is 15.2 Å². The zero-order valence-corrected chi connectivity index (χ0v) is 14.9. The van der Waals surface area contributed by atoms with Gasteiger partial charge in [-0.2, -0.15) is 0 Å². The lowest BCUT2D eigenvalue weighted by atomic mass is 9.87. The summed E-state index contributed by atoms with van der Waals surface area (Å²) in [6, 6.07) is -1.31. The van der Waals surface area contributed by atoms with Crippen molar-refractivity contribution < 1.29 is 28.7 Å². The summed E-state index contributed by atoms with van der Waals surface area (Å²) in [6.07, 6.45) is 4.06. The van der Waals surface area contributed by atoms with Crippen LogP contribution in [0.3, 0.4) is 0 Å². The number of nitrogens with one attached hydrogen (secondary N) is 1. The first-order chi connectivity index (χ1) is 11.9. The fourth-order valence-electron chi connectivity index (χ4n) is 2.99. The monoisotopic (exact) mass is 356 g/mol. The second-order valence-electron chi connectivity index (χ2n) is 6.09. The molecule has 0 aromatic rings. The molecule has 0 spiro atoms. The normalized spacial score (nSPS) is 17.2. The molecule has 1 rings (SSSR count). The Morgan fingerprint density at radius 1 is 1.04 bits per heavy atom. The van der Waals surface area contributed by atoms with Gasteiger partial charge in [-0.05, 0) is 26.7 Å². The van der Waals surface area contributed by atoms with Crippen LogP contribution in [0.5, 0.6) is 0 Å². The van der Waals surface area contributed by atoms with Crippen molar-refractivity contribution in [1.82, 2.24) is 5.32 Å². The van der Waals surface area contributed by atoms with Gasteiger partial charge >= 0.3 is 11.9 Å². The number of hydrogen-bond donors (Lipinski definition) is 2. The van der Waals surface area contributed by atoms with Crippen molar-refractivity contribution in [2.24, 2.45) is 17.6 Å². The molecule has 1 saturated carbocycles. The quantitative estimate of drug-likeness (QED) is 0.585. The van der Waals surface area contributed by atoms with Gasteiger partial charge in [0.1, 0.15) is 6.04 Å². The predicted octanol–water partition coefficient (Wildman–Crippen LogP) is 0.669. The Morgan fingerprint density at radius 3 is 2.16 bits per heavy atom. The fraction of sp³-hybridized carbons (Fsp3) is 0.765. The number of rotatable bonds is 9. The minimum Gasteiger partial charge on any atom is -0.466 e. The second-order valence-corrected chi connectivity index (χ2v) is 6.09. The van der Waals surface area contributed by atoms with E-state index >= 15 is 0 Å². The van der Waals surface area contributed by atoms with Crippen molar-refractivity contribution in [3.8, 4) is 0 Å². The summed E-state index contributed by atoms with van der Waals surface area (Å²) in [5.74, 6) is -4.03. The van der Waals surface area contributed by atoms with Crippen LogP contribution in [-0.4, -0.2) is 43.0 Å². The zero-order chi connectivity index (χ0) is 18.8. The molecule has 0 unspecified atom stereocenters. The molecule has 2 amide bonds. The molecule has 0 aromatic carbocycles. The van der Waals surface area contributed by atoms with Crippen LogP contribution in [0, 0.1) is 11.8 Å². The third kappa shape index (κ3) is 6.72. The van der Waals surface area contributed by atoms with E-state index < -0.39 is 29.8 Å². The molecule has 8 heteroatoms.